The zero-order valence-electron chi connectivity index (χ0n) is 16.5. The minimum Gasteiger partial charge on any atom is -0.369 e. The summed E-state index contributed by atoms with van der Waals surface area (Å²) in [5.41, 5.74) is 7.78. The number of hydrogen-bond acceptors (Lipinski definition) is 6. The topological polar surface area (TPSA) is 111 Å². The van der Waals surface area contributed by atoms with Gasteiger partial charge in [0.05, 0.1) is 28.0 Å². The van der Waals surface area contributed by atoms with Crippen molar-refractivity contribution < 1.29 is 4.79 Å². The molecule has 9 heteroatoms. The predicted octanol–water partition coefficient (Wildman–Crippen LogP) is 2.97. The van der Waals surface area contributed by atoms with Gasteiger partial charge in [-0.1, -0.05) is 13.8 Å². The van der Waals surface area contributed by atoms with Crippen molar-refractivity contribution in [1.29, 1.82) is 0 Å². The Morgan fingerprint density at radius 1 is 1.36 bits per heavy atom. The molecule has 1 amide bonds. The van der Waals surface area contributed by atoms with Gasteiger partial charge in [0.15, 0.2) is 0 Å². The SMILES string of the molecule is Cc1c(Nc2ncc(Br)c(N[C@H]3[C@@H](C(N)=O)C[C@H]4C[C@@H]3C4(C)C)n2)cnn1C. The van der Waals surface area contributed by atoms with E-state index >= 15 is 0 Å². The van der Waals surface area contributed by atoms with Crippen molar-refractivity contribution in [2.45, 2.75) is 39.7 Å². The number of primary amides is 1. The summed E-state index contributed by atoms with van der Waals surface area (Å²) in [5, 5.41) is 11.0. The molecule has 0 radical (unpaired) electrons. The second-order valence-electron chi connectivity index (χ2n) is 8.56. The Morgan fingerprint density at radius 2 is 2.11 bits per heavy atom. The first-order valence-corrected chi connectivity index (χ1v) is 10.3. The number of fused-ring (bicyclic) bond motifs is 2. The molecule has 2 heterocycles. The lowest BCUT2D eigenvalue weighted by Crippen LogP contribution is -2.62. The van der Waals surface area contributed by atoms with E-state index in [-0.39, 0.29) is 23.3 Å². The molecule has 0 aliphatic heterocycles. The summed E-state index contributed by atoms with van der Waals surface area (Å²) in [6, 6.07) is -0.0309. The first kappa shape index (κ1) is 19.2. The molecule has 2 bridgehead atoms. The predicted molar refractivity (Wildman–Crippen MR) is 111 cm³/mol. The van der Waals surface area contributed by atoms with Gasteiger partial charge in [-0.05, 0) is 52.9 Å². The number of amides is 1. The molecule has 3 aliphatic carbocycles. The lowest BCUT2D eigenvalue weighted by molar-refractivity contribution is -0.139. The summed E-state index contributed by atoms with van der Waals surface area (Å²) in [7, 11) is 1.89. The molecule has 2 aromatic heterocycles. The Kier molecular flexibility index (Phi) is 4.60. The number of carbonyl (C=O) groups is 1. The monoisotopic (exact) mass is 447 g/mol. The first-order chi connectivity index (χ1) is 13.2. The van der Waals surface area contributed by atoms with E-state index in [1.54, 1.807) is 17.1 Å². The number of aromatic nitrogens is 4. The molecule has 0 spiro atoms. The summed E-state index contributed by atoms with van der Waals surface area (Å²) >= 11 is 3.53. The van der Waals surface area contributed by atoms with Crippen LogP contribution in [0.1, 0.15) is 32.4 Å². The van der Waals surface area contributed by atoms with Crippen LogP contribution < -0.4 is 16.4 Å². The van der Waals surface area contributed by atoms with Crippen LogP contribution in [0.5, 0.6) is 0 Å². The highest BCUT2D eigenvalue weighted by Crippen LogP contribution is 2.61. The van der Waals surface area contributed by atoms with Gasteiger partial charge in [-0.15, -0.1) is 0 Å². The Labute approximate surface area is 172 Å². The van der Waals surface area contributed by atoms with Gasteiger partial charge in [0.2, 0.25) is 11.9 Å². The zero-order valence-corrected chi connectivity index (χ0v) is 18.1. The summed E-state index contributed by atoms with van der Waals surface area (Å²) in [5.74, 6) is 1.67. The van der Waals surface area contributed by atoms with Crippen molar-refractivity contribution in [1.82, 2.24) is 19.7 Å². The van der Waals surface area contributed by atoms with Crippen molar-refractivity contribution >= 4 is 39.3 Å². The molecule has 28 heavy (non-hydrogen) atoms. The number of nitrogens with one attached hydrogen (secondary N) is 2. The maximum Gasteiger partial charge on any atom is 0.229 e. The van der Waals surface area contributed by atoms with Gasteiger partial charge in [-0.2, -0.15) is 10.1 Å². The summed E-state index contributed by atoms with van der Waals surface area (Å²) in [6.45, 7) is 6.54. The number of hydrogen-bond donors (Lipinski definition) is 3. The highest BCUT2D eigenvalue weighted by molar-refractivity contribution is 9.10. The summed E-state index contributed by atoms with van der Waals surface area (Å²) in [6.07, 6.45) is 5.41. The minimum atomic E-state index is -0.239. The van der Waals surface area contributed by atoms with Crippen LogP contribution in [0.15, 0.2) is 16.9 Å². The van der Waals surface area contributed by atoms with Crippen LogP contribution in [0.3, 0.4) is 0 Å². The van der Waals surface area contributed by atoms with E-state index in [4.69, 9.17) is 5.73 Å². The molecule has 150 valence electrons. The van der Waals surface area contributed by atoms with Crippen molar-refractivity contribution in [2.24, 2.45) is 36.0 Å². The fourth-order valence-electron chi connectivity index (χ4n) is 4.72. The second kappa shape index (κ2) is 6.72. The molecule has 2 aromatic rings. The quantitative estimate of drug-likeness (QED) is 0.649. The highest BCUT2D eigenvalue weighted by Gasteiger charge is 2.59. The number of carbonyl (C=O) groups excluding carboxylic acids is 1. The van der Waals surface area contributed by atoms with E-state index in [2.05, 4.69) is 55.5 Å². The maximum absolute atomic E-state index is 12.1. The third kappa shape index (κ3) is 3.05. The van der Waals surface area contributed by atoms with E-state index in [1.165, 1.54) is 0 Å². The molecule has 4 atom stereocenters. The number of rotatable bonds is 5. The third-order valence-corrected chi connectivity index (χ3v) is 7.43. The molecule has 0 saturated heterocycles. The van der Waals surface area contributed by atoms with Crippen LogP contribution in [0.4, 0.5) is 17.5 Å². The largest absolute Gasteiger partial charge is 0.369 e. The Hall–Kier alpha value is -2.16. The molecule has 5 rings (SSSR count). The van der Waals surface area contributed by atoms with Crippen molar-refractivity contribution in [3.63, 3.8) is 0 Å². The Bertz CT molecular complexity index is 925. The smallest absolute Gasteiger partial charge is 0.229 e. The van der Waals surface area contributed by atoms with E-state index < -0.39 is 0 Å². The minimum absolute atomic E-state index is 0.0309. The van der Waals surface area contributed by atoms with E-state index in [0.29, 0.717) is 23.6 Å². The van der Waals surface area contributed by atoms with E-state index in [9.17, 15) is 4.79 Å². The molecular formula is C19H26BrN7O. The first-order valence-electron chi connectivity index (χ1n) is 9.52. The van der Waals surface area contributed by atoms with Gasteiger partial charge in [-0.3, -0.25) is 9.48 Å². The van der Waals surface area contributed by atoms with E-state index in [1.807, 2.05) is 14.0 Å². The standard InChI is InChI=1S/C19H26BrN7O/c1-9-14(8-23-27(9)4)24-18-22-7-13(20)17(26-18)25-15-11(16(21)28)5-10-6-12(15)19(10,2)3/h7-8,10-12,15H,5-6H2,1-4H3,(H2,21,28)(H2,22,24,25,26)/t10-,11-,12-,15-/m0/s1. The molecule has 8 nitrogen and oxygen atoms in total. The fraction of sp³-hybridized carbons (Fsp3) is 0.579. The van der Waals surface area contributed by atoms with Crippen LogP contribution in [-0.2, 0) is 11.8 Å². The summed E-state index contributed by atoms with van der Waals surface area (Å²) in [4.78, 5) is 21.1. The van der Waals surface area contributed by atoms with Crippen LogP contribution >= 0.6 is 15.9 Å². The van der Waals surface area contributed by atoms with Crippen molar-refractivity contribution in [3.8, 4) is 0 Å². The van der Waals surface area contributed by atoms with Gasteiger partial charge in [-0.25, -0.2) is 4.98 Å². The normalized spacial score (nSPS) is 27.8. The number of aryl methyl sites for hydroxylation is 1. The number of nitrogens with two attached hydrogens (primary N) is 1. The summed E-state index contributed by atoms with van der Waals surface area (Å²) < 4.78 is 2.54. The molecule has 3 saturated carbocycles. The average molecular weight is 448 g/mol. The van der Waals surface area contributed by atoms with Crippen LogP contribution in [0.2, 0.25) is 0 Å². The van der Waals surface area contributed by atoms with Gasteiger partial charge in [0.25, 0.3) is 0 Å². The van der Waals surface area contributed by atoms with E-state index in [0.717, 1.165) is 28.7 Å². The number of nitrogens with zero attached hydrogens (tertiary/aromatic N) is 4. The molecule has 4 N–H and O–H groups in total. The molecule has 3 aliphatic rings. The zero-order chi connectivity index (χ0) is 20.2. The van der Waals surface area contributed by atoms with Crippen LogP contribution in [0, 0.1) is 30.1 Å². The van der Waals surface area contributed by atoms with Gasteiger partial charge >= 0.3 is 0 Å². The average Bonchev–Trinajstić information content (AvgIpc) is 2.96. The molecule has 0 unspecified atom stereocenters. The maximum atomic E-state index is 12.1. The van der Waals surface area contributed by atoms with Crippen LogP contribution in [0.25, 0.3) is 0 Å². The molecular weight excluding hydrogens is 422 g/mol. The van der Waals surface area contributed by atoms with Gasteiger partial charge < -0.3 is 16.4 Å². The highest BCUT2D eigenvalue weighted by atomic mass is 79.9. The Balaban J connectivity index is 1.59. The second-order valence-corrected chi connectivity index (χ2v) is 9.41. The van der Waals surface area contributed by atoms with Gasteiger partial charge in [0.1, 0.15) is 5.82 Å². The van der Waals surface area contributed by atoms with Crippen LogP contribution in [-0.4, -0.2) is 31.7 Å². The number of anilines is 3. The molecule has 3 fully saturated rings. The lowest BCUT2D eigenvalue weighted by atomic mass is 9.45. The molecule has 0 aromatic carbocycles. The van der Waals surface area contributed by atoms with Gasteiger partial charge in [0, 0.05) is 19.3 Å². The van der Waals surface area contributed by atoms with Crippen molar-refractivity contribution in [2.75, 3.05) is 10.6 Å². The lowest BCUT2D eigenvalue weighted by Gasteiger charge is -2.62. The third-order valence-electron chi connectivity index (χ3n) is 6.85. The Morgan fingerprint density at radius 3 is 2.71 bits per heavy atom. The van der Waals surface area contributed by atoms with Crippen molar-refractivity contribution in [3.05, 3.63) is 22.6 Å². The fourth-order valence-corrected chi connectivity index (χ4v) is 5.03. The number of halogens is 1.